The Balaban J connectivity index is 0. The number of carbonyl (C=O) groups is 2. The molecule has 1 amide bonds. The summed E-state index contributed by atoms with van der Waals surface area (Å²) in [6.45, 7) is 5.32. The Morgan fingerprint density at radius 2 is 2.15 bits per heavy atom. The zero-order chi connectivity index (χ0) is 10.7. The van der Waals surface area contributed by atoms with Crippen LogP contribution in [0.25, 0.3) is 0 Å². The lowest BCUT2D eigenvalue weighted by Gasteiger charge is -2.10. The maximum Gasteiger partial charge on any atom is 0.300 e. The number of amides is 1. The predicted octanol–water partition coefficient (Wildman–Crippen LogP) is -0.290. The van der Waals surface area contributed by atoms with Crippen molar-refractivity contribution in [2.45, 2.75) is 26.9 Å². The number of hydrogen-bond acceptors (Lipinski definition) is 4. The van der Waals surface area contributed by atoms with Crippen molar-refractivity contribution in [2.24, 2.45) is 0 Å². The van der Waals surface area contributed by atoms with E-state index in [1.807, 2.05) is 6.92 Å². The molecule has 1 atom stereocenters. The van der Waals surface area contributed by atoms with E-state index in [-0.39, 0.29) is 6.17 Å². The first kappa shape index (κ1) is 14.4. The summed E-state index contributed by atoms with van der Waals surface area (Å²) in [6, 6.07) is 0. The number of nitrogens with one attached hydrogen (secondary N) is 2. The minimum Gasteiger partial charge on any atom is -0.481 e. The first-order valence-electron chi connectivity index (χ1n) is 3.81. The number of hydroxylamine groups is 1. The molecule has 3 N–H and O–H groups in total. The highest BCUT2D eigenvalue weighted by atomic mass is 16.6. The third-order valence-corrected chi connectivity index (χ3v) is 0.722. The van der Waals surface area contributed by atoms with E-state index in [2.05, 4.69) is 10.8 Å². The molecular weight excluding hydrogens is 176 g/mol. The SMILES string of the molecule is CC(=O)O.CCONC(C)NC=O. The summed E-state index contributed by atoms with van der Waals surface area (Å²) in [6.07, 6.45) is 0.499. The van der Waals surface area contributed by atoms with Gasteiger partial charge in [-0.3, -0.25) is 9.59 Å². The van der Waals surface area contributed by atoms with Crippen LogP contribution < -0.4 is 10.8 Å². The summed E-state index contributed by atoms with van der Waals surface area (Å²) in [5, 5.41) is 9.88. The van der Waals surface area contributed by atoms with E-state index in [9.17, 15) is 4.79 Å². The molecule has 0 aromatic carbocycles. The van der Waals surface area contributed by atoms with Crippen LogP contribution in [0.2, 0.25) is 0 Å². The zero-order valence-electron chi connectivity index (χ0n) is 8.03. The lowest BCUT2D eigenvalue weighted by atomic mass is 10.6. The summed E-state index contributed by atoms with van der Waals surface area (Å²) in [5.74, 6) is -0.833. The Bertz CT molecular complexity index is 136. The van der Waals surface area contributed by atoms with Gasteiger partial charge >= 0.3 is 0 Å². The monoisotopic (exact) mass is 192 g/mol. The van der Waals surface area contributed by atoms with Crippen LogP contribution in [0.4, 0.5) is 0 Å². The summed E-state index contributed by atoms with van der Waals surface area (Å²) < 4.78 is 0. The van der Waals surface area contributed by atoms with Gasteiger partial charge in [-0.05, 0) is 13.8 Å². The van der Waals surface area contributed by atoms with Crippen molar-refractivity contribution in [3.05, 3.63) is 0 Å². The molecule has 6 nitrogen and oxygen atoms in total. The van der Waals surface area contributed by atoms with Gasteiger partial charge in [0.15, 0.2) is 0 Å². The molecule has 0 aliphatic carbocycles. The second kappa shape index (κ2) is 10.9. The van der Waals surface area contributed by atoms with Crippen molar-refractivity contribution in [2.75, 3.05) is 6.61 Å². The van der Waals surface area contributed by atoms with Gasteiger partial charge in [-0.1, -0.05) is 0 Å². The smallest absolute Gasteiger partial charge is 0.300 e. The van der Waals surface area contributed by atoms with Gasteiger partial charge in [0.05, 0.1) is 12.8 Å². The molecule has 0 saturated carbocycles. The largest absolute Gasteiger partial charge is 0.481 e. The molecule has 0 bridgehead atoms. The van der Waals surface area contributed by atoms with E-state index in [0.717, 1.165) is 6.92 Å². The summed E-state index contributed by atoms with van der Waals surface area (Å²) in [7, 11) is 0. The summed E-state index contributed by atoms with van der Waals surface area (Å²) in [5.41, 5.74) is 2.59. The molecule has 0 radical (unpaired) electrons. The predicted molar refractivity (Wildman–Crippen MR) is 46.7 cm³/mol. The van der Waals surface area contributed by atoms with Gasteiger partial charge in [0, 0.05) is 6.92 Å². The summed E-state index contributed by atoms with van der Waals surface area (Å²) >= 11 is 0. The topological polar surface area (TPSA) is 87.7 Å². The molecule has 78 valence electrons. The molecule has 13 heavy (non-hydrogen) atoms. The average molecular weight is 192 g/mol. The van der Waals surface area contributed by atoms with Crippen LogP contribution in [0.15, 0.2) is 0 Å². The van der Waals surface area contributed by atoms with E-state index in [1.54, 1.807) is 6.92 Å². The Hall–Kier alpha value is -1.14. The van der Waals surface area contributed by atoms with Gasteiger partial charge in [-0.2, -0.15) is 5.48 Å². The Kier molecular flexibility index (Phi) is 12.0. The first-order chi connectivity index (χ1) is 6.04. The van der Waals surface area contributed by atoms with Crippen molar-refractivity contribution in [3.8, 4) is 0 Å². The van der Waals surface area contributed by atoms with Crippen molar-refractivity contribution in [1.29, 1.82) is 0 Å². The van der Waals surface area contributed by atoms with E-state index >= 15 is 0 Å². The number of aliphatic carboxylic acids is 1. The molecule has 0 aliphatic rings. The van der Waals surface area contributed by atoms with Crippen LogP contribution in [0.5, 0.6) is 0 Å². The van der Waals surface area contributed by atoms with Crippen molar-refractivity contribution < 1.29 is 19.5 Å². The van der Waals surface area contributed by atoms with Gasteiger partial charge in [-0.15, -0.1) is 0 Å². The Labute approximate surface area is 77.2 Å². The van der Waals surface area contributed by atoms with E-state index in [4.69, 9.17) is 14.7 Å². The fourth-order valence-electron chi connectivity index (χ4n) is 0.344. The maximum absolute atomic E-state index is 9.77. The molecule has 0 aromatic heterocycles. The molecule has 0 heterocycles. The molecule has 0 aliphatic heterocycles. The Morgan fingerprint density at radius 1 is 1.69 bits per heavy atom. The van der Waals surface area contributed by atoms with Crippen LogP contribution in [0.1, 0.15) is 20.8 Å². The van der Waals surface area contributed by atoms with Gasteiger partial charge < -0.3 is 15.3 Å². The molecule has 0 saturated heterocycles. The van der Waals surface area contributed by atoms with Gasteiger partial charge in [-0.25, -0.2) is 0 Å². The van der Waals surface area contributed by atoms with Crippen LogP contribution in [-0.4, -0.2) is 30.3 Å². The van der Waals surface area contributed by atoms with Crippen LogP contribution in [-0.2, 0) is 14.4 Å². The van der Waals surface area contributed by atoms with Crippen molar-refractivity contribution >= 4 is 12.4 Å². The normalized spacial score (nSPS) is 10.7. The zero-order valence-corrected chi connectivity index (χ0v) is 8.03. The van der Waals surface area contributed by atoms with Gasteiger partial charge in [0.1, 0.15) is 0 Å². The molecular formula is C7H16N2O4. The molecule has 6 heteroatoms. The number of rotatable bonds is 5. The highest BCUT2D eigenvalue weighted by molar-refractivity contribution is 5.62. The maximum atomic E-state index is 9.77. The number of carboxylic acid groups (broad SMARTS) is 1. The molecule has 0 rings (SSSR count). The van der Waals surface area contributed by atoms with Crippen LogP contribution >= 0.6 is 0 Å². The highest BCUT2D eigenvalue weighted by Gasteiger charge is 1.93. The van der Waals surface area contributed by atoms with Gasteiger partial charge in [0.2, 0.25) is 6.41 Å². The van der Waals surface area contributed by atoms with E-state index in [0.29, 0.717) is 13.0 Å². The molecule has 0 fully saturated rings. The van der Waals surface area contributed by atoms with Crippen molar-refractivity contribution in [1.82, 2.24) is 10.8 Å². The molecule has 0 spiro atoms. The summed E-state index contributed by atoms with van der Waals surface area (Å²) in [4.78, 5) is 23.5. The van der Waals surface area contributed by atoms with Crippen molar-refractivity contribution in [3.63, 3.8) is 0 Å². The third-order valence-electron chi connectivity index (χ3n) is 0.722. The van der Waals surface area contributed by atoms with E-state index in [1.165, 1.54) is 0 Å². The van der Waals surface area contributed by atoms with Crippen LogP contribution in [0.3, 0.4) is 0 Å². The fraction of sp³-hybridized carbons (Fsp3) is 0.714. The highest BCUT2D eigenvalue weighted by Crippen LogP contribution is 1.71. The molecule has 0 aromatic rings. The van der Waals surface area contributed by atoms with E-state index < -0.39 is 5.97 Å². The number of carboxylic acids is 1. The minimum atomic E-state index is -0.833. The third kappa shape index (κ3) is 24.8. The standard InChI is InChI=1S/C5H12N2O2.C2H4O2/c1-3-9-7-5(2)6-4-8;1-2(3)4/h4-5,7H,3H2,1-2H3,(H,6,8);1H3,(H,3,4). The second-order valence-corrected chi connectivity index (χ2v) is 2.08. The lowest BCUT2D eigenvalue weighted by Crippen LogP contribution is -2.38. The van der Waals surface area contributed by atoms with Crippen LogP contribution in [0, 0.1) is 0 Å². The minimum absolute atomic E-state index is 0.123. The number of carbonyl (C=O) groups excluding carboxylic acids is 1. The Morgan fingerprint density at radius 3 is 2.46 bits per heavy atom. The first-order valence-corrected chi connectivity index (χ1v) is 3.81. The lowest BCUT2D eigenvalue weighted by molar-refractivity contribution is -0.134. The average Bonchev–Trinajstić information content (AvgIpc) is 2.00. The molecule has 1 unspecified atom stereocenters. The quantitative estimate of drug-likeness (QED) is 0.316. The van der Waals surface area contributed by atoms with Gasteiger partial charge in [0.25, 0.3) is 5.97 Å². The fourth-order valence-corrected chi connectivity index (χ4v) is 0.344. The number of hydrogen-bond donors (Lipinski definition) is 3. The second-order valence-electron chi connectivity index (χ2n) is 2.08.